The number of carbonyl (C=O) groups excluding carboxylic acids is 1. The first-order chi connectivity index (χ1) is 8.89. The van der Waals surface area contributed by atoms with Crippen LogP contribution in [0, 0.1) is 5.92 Å². The summed E-state index contributed by atoms with van der Waals surface area (Å²) >= 11 is 0. The van der Waals surface area contributed by atoms with Gasteiger partial charge in [-0.1, -0.05) is 27.2 Å². The molecule has 0 spiro atoms. The third-order valence-corrected chi connectivity index (χ3v) is 3.61. The van der Waals surface area contributed by atoms with Gasteiger partial charge in [-0.3, -0.25) is 4.79 Å². The highest BCUT2D eigenvalue weighted by molar-refractivity contribution is 5.80. The van der Waals surface area contributed by atoms with E-state index in [2.05, 4.69) is 31.1 Å². The van der Waals surface area contributed by atoms with E-state index in [1.54, 1.807) is 0 Å². The number of ether oxygens (including phenoxy) is 1. The van der Waals surface area contributed by atoms with Crippen molar-refractivity contribution in [3.05, 3.63) is 0 Å². The summed E-state index contributed by atoms with van der Waals surface area (Å²) in [5.41, 5.74) is -0.575. The van der Waals surface area contributed by atoms with Gasteiger partial charge in [-0.15, -0.1) is 0 Å². The van der Waals surface area contributed by atoms with E-state index < -0.39 is 5.54 Å². The van der Waals surface area contributed by atoms with Gasteiger partial charge in [-0.05, 0) is 39.8 Å². The number of nitrogens with one attached hydrogen (secondary N) is 1. The second-order valence-electron chi connectivity index (χ2n) is 5.61. The molecule has 0 aromatic carbocycles. The van der Waals surface area contributed by atoms with Gasteiger partial charge in [0.25, 0.3) is 0 Å². The molecule has 0 aliphatic rings. The minimum absolute atomic E-state index is 0.145. The van der Waals surface area contributed by atoms with Gasteiger partial charge in [-0.2, -0.15) is 0 Å². The van der Waals surface area contributed by atoms with Gasteiger partial charge in [0.2, 0.25) is 0 Å². The molecular weight excluding hydrogens is 240 g/mol. The van der Waals surface area contributed by atoms with Gasteiger partial charge in [0.15, 0.2) is 0 Å². The van der Waals surface area contributed by atoms with Crippen molar-refractivity contribution in [3.63, 3.8) is 0 Å². The van der Waals surface area contributed by atoms with Crippen LogP contribution in [0.1, 0.15) is 47.5 Å². The Hall–Kier alpha value is -0.610. The van der Waals surface area contributed by atoms with Crippen molar-refractivity contribution >= 4 is 5.97 Å². The zero-order valence-electron chi connectivity index (χ0n) is 13.6. The lowest BCUT2D eigenvalue weighted by molar-refractivity contribution is -0.151. The highest BCUT2D eigenvalue weighted by atomic mass is 16.5. The summed E-state index contributed by atoms with van der Waals surface area (Å²) in [4.78, 5) is 14.3. The SMILES string of the molecule is CCNC(C)(CCN(C)CC(C)CC)C(=O)OCC. The molecule has 0 radical (unpaired) electrons. The van der Waals surface area contributed by atoms with Crippen LogP contribution < -0.4 is 5.32 Å². The molecule has 0 saturated heterocycles. The molecule has 0 saturated carbocycles. The number of rotatable bonds is 10. The first kappa shape index (κ1) is 18.4. The zero-order chi connectivity index (χ0) is 14.9. The lowest BCUT2D eigenvalue weighted by atomic mass is 9.97. The Labute approximate surface area is 118 Å². The minimum atomic E-state index is -0.575. The molecule has 2 unspecified atom stereocenters. The molecule has 0 heterocycles. The van der Waals surface area contributed by atoms with Crippen LogP contribution in [0.4, 0.5) is 0 Å². The Balaban J connectivity index is 4.38. The quantitative estimate of drug-likeness (QED) is 0.620. The van der Waals surface area contributed by atoms with E-state index in [0.29, 0.717) is 12.5 Å². The lowest BCUT2D eigenvalue weighted by Crippen LogP contribution is -2.52. The average Bonchev–Trinajstić information content (AvgIpc) is 2.37. The average molecular weight is 272 g/mol. The third kappa shape index (κ3) is 6.92. The van der Waals surface area contributed by atoms with Crippen molar-refractivity contribution < 1.29 is 9.53 Å². The van der Waals surface area contributed by atoms with Crippen molar-refractivity contribution in [2.75, 3.05) is 33.3 Å². The normalized spacial score (nSPS) is 16.2. The van der Waals surface area contributed by atoms with Gasteiger partial charge in [0, 0.05) is 13.1 Å². The smallest absolute Gasteiger partial charge is 0.326 e. The van der Waals surface area contributed by atoms with Crippen LogP contribution in [0.2, 0.25) is 0 Å². The summed E-state index contributed by atoms with van der Waals surface area (Å²) in [7, 11) is 2.11. The summed E-state index contributed by atoms with van der Waals surface area (Å²) in [6.45, 7) is 13.4. The fraction of sp³-hybridized carbons (Fsp3) is 0.933. The summed E-state index contributed by atoms with van der Waals surface area (Å²) in [5, 5.41) is 3.27. The molecule has 2 atom stereocenters. The Morgan fingerprint density at radius 1 is 1.37 bits per heavy atom. The van der Waals surface area contributed by atoms with Gasteiger partial charge in [0.1, 0.15) is 5.54 Å². The van der Waals surface area contributed by atoms with Crippen LogP contribution >= 0.6 is 0 Å². The van der Waals surface area contributed by atoms with Crippen LogP contribution in [0.5, 0.6) is 0 Å². The van der Waals surface area contributed by atoms with Gasteiger partial charge in [0.05, 0.1) is 6.61 Å². The monoisotopic (exact) mass is 272 g/mol. The third-order valence-electron chi connectivity index (χ3n) is 3.61. The summed E-state index contributed by atoms with van der Waals surface area (Å²) in [6, 6.07) is 0. The van der Waals surface area contributed by atoms with E-state index >= 15 is 0 Å². The maximum atomic E-state index is 12.0. The first-order valence-corrected chi connectivity index (χ1v) is 7.50. The van der Waals surface area contributed by atoms with E-state index in [1.165, 1.54) is 6.42 Å². The van der Waals surface area contributed by atoms with Crippen molar-refractivity contribution in [1.29, 1.82) is 0 Å². The number of esters is 1. The molecule has 0 bridgehead atoms. The fourth-order valence-electron chi connectivity index (χ4n) is 2.11. The van der Waals surface area contributed by atoms with Crippen molar-refractivity contribution in [1.82, 2.24) is 10.2 Å². The molecule has 4 nitrogen and oxygen atoms in total. The van der Waals surface area contributed by atoms with E-state index in [-0.39, 0.29) is 5.97 Å². The standard InChI is InChI=1S/C15H32N2O2/c1-7-13(4)12-17(6)11-10-15(5,16-8-2)14(18)19-9-3/h13,16H,7-12H2,1-6H3. The van der Waals surface area contributed by atoms with Crippen LogP contribution in [0.15, 0.2) is 0 Å². The number of hydrogen-bond acceptors (Lipinski definition) is 4. The highest BCUT2D eigenvalue weighted by Crippen LogP contribution is 2.14. The van der Waals surface area contributed by atoms with Crippen molar-refractivity contribution in [2.24, 2.45) is 5.92 Å². The van der Waals surface area contributed by atoms with Crippen LogP contribution in [-0.2, 0) is 9.53 Å². The van der Waals surface area contributed by atoms with Gasteiger partial charge >= 0.3 is 5.97 Å². The second-order valence-corrected chi connectivity index (χ2v) is 5.61. The molecule has 0 amide bonds. The van der Waals surface area contributed by atoms with E-state index in [0.717, 1.165) is 26.1 Å². The molecule has 114 valence electrons. The van der Waals surface area contributed by atoms with Crippen LogP contribution in [-0.4, -0.2) is 49.7 Å². The van der Waals surface area contributed by atoms with Crippen LogP contribution in [0.3, 0.4) is 0 Å². The minimum Gasteiger partial charge on any atom is -0.465 e. The molecule has 0 rings (SSSR count). The molecule has 0 aliphatic carbocycles. The Morgan fingerprint density at radius 3 is 2.47 bits per heavy atom. The Bertz CT molecular complexity index is 259. The fourth-order valence-corrected chi connectivity index (χ4v) is 2.11. The largest absolute Gasteiger partial charge is 0.465 e. The predicted octanol–water partition coefficient (Wildman–Crippen LogP) is 2.29. The molecule has 4 heteroatoms. The van der Waals surface area contributed by atoms with Gasteiger partial charge < -0.3 is 15.0 Å². The molecule has 0 aromatic rings. The summed E-state index contributed by atoms with van der Waals surface area (Å²) < 4.78 is 5.17. The first-order valence-electron chi connectivity index (χ1n) is 7.50. The number of hydrogen-bond donors (Lipinski definition) is 1. The molecule has 0 aliphatic heterocycles. The lowest BCUT2D eigenvalue weighted by Gasteiger charge is -2.30. The molecule has 1 N–H and O–H groups in total. The molecular formula is C15H32N2O2. The Morgan fingerprint density at radius 2 is 2.00 bits per heavy atom. The van der Waals surface area contributed by atoms with E-state index in [1.807, 2.05) is 20.8 Å². The molecule has 19 heavy (non-hydrogen) atoms. The number of nitrogens with zero attached hydrogens (tertiary/aromatic N) is 1. The van der Waals surface area contributed by atoms with E-state index in [9.17, 15) is 4.79 Å². The summed E-state index contributed by atoms with van der Waals surface area (Å²) in [6.07, 6.45) is 1.96. The maximum absolute atomic E-state index is 12.0. The van der Waals surface area contributed by atoms with Crippen molar-refractivity contribution in [2.45, 2.75) is 53.0 Å². The van der Waals surface area contributed by atoms with Gasteiger partial charge in [-0.25, -0.2) is 0 Å². The van der Waals surface area contributed by atoms with E-state index in [4.69, 9.17) is 4.74 Å². The number of carbonyl (C=O) groups is 1. The number of likely N-dealkylation sites (N-methyl/N-ethyl adjacent to an activating group) is 1. The predicted molar refractivity (Wildman–Crippen MR) is 80.3 cm³/mol. The topological polar surface area (TPSA) is 41.6 Å². The van der Waals surface area contributed by atoms with Crippen LogP contribution in [0.25, 0.3) is 0 Å². The summed E-state index contributed by atoms with van der Waals surface area (Å²) in [5.74, 6) is 0.548. The highest BCUT2D eigenvalue weighted by Gasteiger charge is 2.33. The van der Waals surface area contributed by atoms with Crippen molar-refractivity contribution in [3.8, 4) is 0 Å². The molecule has 0 aromatic heterocycles. The molecule has 0 fully saturated rings. The second kappa shape index (κ2) is 9.32. The zero-order valence-corrected chi connectivity index (χ0v) is 13.6. The Kier molecular flexibility index (Phi) is 9.02. The maximum Gasteiger partial charge on any atom is 0.326 e.